The molecule has 2 aromatic rings. The van der Waals surface area contributed by atoms with Gasteiger partial charge in [-0.05, 0) is 30.0 Å². The van der Waals surface area contributed by atoms with Crippen molar-refractivity contribution in [3.63, 3.8) is 0 Å². The SMILES string of the molecule is CC(C)(C)c1cc(Cl)ccc1OCCCn1ccnc1. The summed E-state index contributed by atoms with van der Waals surface area (Å²) >= 11 is 6.09. The first-order valence-corrected chi connectivity index (χ1v) is 7.23. The minimum Gasteiger partial charge on any atom is -0.493 e. The lowest BCUT2D eigenvalue weighted by Gasteiger charge is -2.23. The highest BCUT2D eigenvalue weighted by molar-refractivity contribution is 6.30. The third-order valence-corrected chi connectivity index (χ3v) is 3.36. The zero-order valence-electron chi connectivity index (χ0n) is 12.3. The van der Waals surface area contributed by atoms with E-state index in [4.69, 9.17) is 16.3 Å². The van der Waals surface area contributed by atoms with Crippen LogP contribution in [0.5, 0.6) is 5.75 Å². The van der Waals surface area contributed by atoms with Crippen molar-refractivity contribution in [1.82, 2.24) is 9.55 Å². The van der Waals surface area contributed by atoms with Gasteiger partial charge in [0, 0.05) is 29.5 Å². The van der Waals surface area contributed by atoms with E-state index in [2.05, 4.69) is 30.3 Å². The fourth-order valence-corrected chi connectivity index (χ4v) is 2.23. The Balaban J connectivity index is 1.95. The molecule has 0 N–H and O–H groups in total. The van der Waals surface area contributed by atoms with Gasteiger partial charge in [0.1, 0.15) is 5.75 Å². The maximum absolute atomic E-state index is 6.09. The van der Waals surface area contributed by atoms with Gasteiger partial charge in [-0.25, -0.2) is 4.98 Å². The molecule has 2 rings (SSSR count). The Bertz CT molecular complexity index is 544. The van der Waals surface area contributed by atoms with E-state index in [0.29, 0.717) is 6.61 Å². The molecule has 0 aliphatic heterocycles. The van der Waals surface area contributed by atoms with Gasteiger partial charge in [0.2, 0.25) is 0 Å². The molecule has 0 bridgehead atoms. The normalized spacial score (nSPS) is 11.6. The summed E-state index contributed by atoms with van der Waals surface area (Å²) in [5.74, 6) is 0.924. The van der Waals surface area contributed by atoms with Crippen LogP contribution in [0.25, 0.3) is 0 Å². The molecule has 0 saturated heterocycles. The fourth-order valence-electron chi connectivity index (χ4n) is 2.06. The third kappa shape index (κ3) is 4.01. The molecule has 0 atom stereocenters. The van der Waals surface area contributed by atoms with Crippen molar-refractivity contribution in [2.75, 3.05) is 6.61 Å². The molecule has 1 aromatic heterocycles. The molecule has 0 aliphatic carbocycles. The van der Waals surface area contributed by atoms with Crippen molar-refractivity contribution >= 4 is 11.6 Å². The lowest BCUT2D eigenvalue weighted by atomic mass is 9.86. The van der Waals surface area contributed by atoms with Gasteiger partial charge >= 0.3 is 0 Å². The predicted molar refractivity (Wildman–Crippen MR) is 82.5 cm³/mol. The zero-order chi connectivity index (χ0) is 14.6. The van der Waals surface area contributed by atoms with Crippen LogP contribution in [0.2, 0.25) is 5.02 Å². The average Bonchev–Trinajstić information content (AvgIpc) is 2.88. The van der Waals surface area contributed by atoms with Crippen LogP contribution in [0.3, 0.4) is 0 Å². The van der Waals surface area contributed by atoms with E-state index >= 15 is 0 Å². The van der Waals surface area contributed by atoms with Crippen LogP contribution in [-0.2, 0) is 12.0 Å². The summed E-state index contributed by atoms with van der Waals surface area (Å²) in [6.45, 7) is 8.09. The summed E-state index contributed by atoms with van der Waals surface area (Å²) in [7, 11) is 0. The number of aryl methyl sites for hydroxylation is 1. The van der Waals surface area contributed by atoms with Gasteiger partial charge in [0.05, 0.1) is 12.9 Å². The van der Waals surface area contributed by atoms with Crippen molar-refractivity contribution in [2.24, 2.45) is 0 Å². The van der Waals surface area contributed by atoms with Crippen LogP contribution in [0.15, 0.2) is 36.9 Å². The molecular weight excluding hydrogens is 272 g/mol. The van der Waals surface area contributed by atoms with Crippen molar-refractivity contribution in [2.45, 2.75) is 39.2 Å². The second-order valence-electron chi connectivity index (χ2n) is 5.89. The van der Waals surface area contributed by atoms with E-state index in [1.54, 1.807) is 6.20 Å². The van der Waals surface area contributed by atoms with Crippen molar-refractivity contribution in [3.05, 3.63) is 47.5 Å². The molecule has 0 fully saturated rings. The number of rotatable bonds is 5. The Kier molecular flexibility index (Phi) is 4.71. The van der Waals surface area contributed by atoms with Crippen LogP contribution < -0.4 is 4.74 Å². The summed E-state index contributed by atoms with van der Waals surface area (Å²) in [6, 6.07) is 5.83. The van der Waals surface area contributed by atoms with Crippen LogP contribution in [-0.4, -0.2) is 16.2 Å². The van der Waals surface area contributed by atoms with Crippen molar-refractivity contribution in [3.8, 4) is 5.75 Å². The predicted octanol–water partition coefficient (Wildman–Crippen LogP) is 4.30. The number of imidazole rings is 1. The summed E-state index contributed by atoms with van der Waals surface area (Å²) in [4.78, 5) is 4.02. The first-order chi connectivity index (χ1) is 9.47. The highest BCUT2D eigenvalue weighted by atomic mass is 35.5. The topological polar surface area (TPSA) is 27.1 Å². The van der Waals surface area contributed by atoms with Crippen molar-refractivity contribution in [1.29, 1.82) is 0 Å². The Morgan fingerprint density at radius 3 is 2.75 bits per heavy atom. The molecule has 0 aliphatic rings. The molecule has 3 nitrogen and oxygen atoms in total. The molecule has 0 unspecified atom stereocenters. The van der Waals surface area contributed by atoms with Gasteiger partial charge in [0.15, 0.2) is 0 Å². The lowest BCUT2D eigenvalue weighted by molar-refractivity contribution is 0.294. The summed E-state index contributed by atoms with van der Waals surface area (Å²) in [5, 5.41) is 0.751. The van der Waals surface area contributed by atoms with Crippen LogP contribution in [0.1, 0.15) is 32.8 Å². The summed E-state index contributed by atoms with van der Waals surface area (Å²) in [5.41, 5.74) is 1.16. The number of halogens is 1. The van der Waals surface area contributed by atoms with E-state index in [1.165, 1.54) is 0 Å². The van der Waals surface area contributed by atoms with E-state index in [9.17, 15) is 0 Å². The summed E-state index contributed by atoms with van der Waals surface area (Å²) < 4.78 is 7.98. The van der Waals surface area contributed by atoms with Crippen molar-refractivity contribution < 1.29 is 4.74 Å². The quantitative estimate of drug-likeness (QED) is 0.768. The Hall–Kier alpha value is -1.48. The first kappa shape index (κ1) is 14.9. The molecule has 4 heteroatoms. The number of hydrogen-bond donors (Lipinski definition) is 0. The monoisotopic (exact) mass is 292 g/mol. The molecule has 108 valence electrons. The molecule has 0 spiro atoms. The van der Waals surface area contributed by atoms with Gasteiger partial charge in [0.25, 0.3) is 0 Å². The Labute approximate surface area is 125 Å². The van der Waals surface area contributed by atoms with Crippen LogP contribution >= 0.6 is 11.6 Å². The fraction of sp³-hybridized carbons (Fsp3) is 0.438. The maximum atomic E-state index is 6.09. The first-order valence-electron chi connectivity index (χ1n) is 6.85. The molecule has 1 aromatic carbocycles. The molecular formula is C16H21ClN2O. The minimum atomic E-state index is 0.0184. The second-order valence-corrected chi connectivity index (χ2v) is 6.33. The van der Waals surface area contributed by atoms with E-state index in [0.717, 1.165) is 29.3 Å². The van der Waals surface area contributed by atoms with Gasteiger partial charge in [-0.1, -0.05) is 32.4 Å². The van der Waals surface area contributed by atoms with Gasteiger partial charge in [-0.2, -0.15) is 0 Å². The number of benzene rings is 1. The van der Waals surface area contributed by atoms with Gasteiger partial charge in [-0.15, -0.1) is 0 Å². The smallest absolute Gasteiger partial charge is 0.123 e. The van der Waals surface area contributed by atoms with E-state index in [-0.39, 0.29) is 5.41 Å². The molecule has 0 amide bonds. The standard InChI is InChI=1S/C16H21ClN2O/c1-16(2,3)14-11-13(17)5-6-15(14)20-10-4-8-19-9-7-18-12-19/h5-7,9,11-12H,4,8,10H2,1-3H3. The zero-order valence-corrected chi connectivity index (χ0v) is 13.0. The Morgan fingerprint density at radius 1 is 1.30 bits per heavy atom. The summed E-state index contributed by atoms with van der Waals surface area (Å²) in [6.07, 6.45) is 6.52. The third-order valence-electron chi connectivity index (χ3n) is 3.13. The van der Waals surface area contributed by atoms with Crippen LogP contribution in [0, 0.1) is 0 Å². The van der Waals surface area contributed by atoms with Gasteiger partial charge < -0.3 is 9.30 Å². The highest BCUT2D eigenvalue weighted by Gasteiger charge is 2.19. The van der Waals surface area contributed by atoms with E-state index < -0.39 is 0 Å². The average molecular weight is 293 g/mol. The lowest BCUT2D eigenvalue weighted by Crippen LogP contribution is -2.14. The van der Waals surface area contributed by atoms with E-state index in [1.807, 2.05) is 30.7 Å². The number of hydrogen-bond acceptors (Lipinski definition) is 2. The molecule has 1 heterocycles. The maximum Gasteiger partial charge on any atom is 0.123 e. The Morgan fingerprint density at radius 2 is 2.10 bits per heavy atom. The molecule has 20 heavy (non-hydrogen) atoms. The largest absolute Gasteiger partial charge is 0.493 e. The second kappa shape index (κ2) is 6.31. The molecule has 0 saturated carbocycles. The van der Waals surface area contributed by atoms with Crippen LogP contribution in [0.4, 0.5) is 0 Å². The van der Waals surface area contributed by atoms with Gasteiger partial charge in [-0.3, -0.25) is 0 Å². The molecule has 0 radical (unpaired) electrons. The number of ether oxygens (including phenoxy) is 1. The number of nitrogens with zero attached hydrogens (tertiary/aromatic N) is 2. The number of aromatic nitrogens is 2. The minimum absolute atomic E-state index is 0.0184. The highest BCUT2D eigenvalue weighted by Crippen LogP contribution is 2.33.